The molecular formula is C13H11N3. The number of nitriles is 1. The predicted octanol–water partition coefficient (Wildman–Crippen LogP) is 2.51. The van der Waals surface area contributed by atoms with Gasteiger partial charge in [0, 0.05) is 23.6 Å². The molecule has 0 aliphatic rings. The quantitative estimate of drug-likeness (QED) is 0.734. The molecule has 2 rings (SSSR count). The fourth-order valence-electron chi connectivity index (χ4n) is 1.60. The maximum atomic E-state index is 8.82. The Bertz CT molecular complexity index is 568. The largest absolute Gasteiger partial charge is 0.399 e. The van der Waals surface area contributed by atoms with Crippen molar-refractivity contribution in [3.05, 3.63) is 47.8 Å². The highest BCUT2D eigenvalue weighted by Gasteiger charge is 2.03. The Hall–Kier alpha value is -2.34. The first kappa shape index (κ1) is 10.2. The molecule has 2 N–H and O–H groups in total. The van der Waals surface area contributed by atoms with E-state index in [4.69, 9.17) is 11.0 Å². The number of nitrogens with zero attached hydrogens (tertiary/aromatic N) is 2. The minimum Gasteiger partial charge on any atom is -0.399 e. The van der Waals surface area contributed by atoms with E-state index in [9.17, 15) is 0 Å². The van der Waals surface area contributed by atoms with Gasteiger partial charge in [0.1, 0.15) is 6.07 Å². The first-order valence-corrected chi connectivity index (χ1v) is 4.92. The number of pyridine rings is 1. The third-order valence-electron chi connectivity index (χ3n) is 2.44. The van der Waals surface area contributed by atoms with Gasteiger partial charge in [-0.1, -0.05) is 6.07 Å². The Kier molecular flexibility index (Phi) is 2.57. The Balaban J connectivity index is 2.58. The molecule has 16 heavy (non-hydrogen) atoms. The van der Waals surface area contributed by atoms with E-state index in [0.29, 0.717) is 11.3 Å². The van der Waals surface area contributed by atoms with Crippen LogP contribution in [0.15, 0.2) is 36.7 Å². The molecule has 0 spiro atoms. The summed E-state index contributed by atoms with van der Waals surface area (Å²) in [5, 5.41) is 8.82. The Labute approximate surface area is 94.2 Å². The molecule has 1 heterocycles. The van der Waals surface area contributed by atoms with Gasteiger partial charge in [0.15, 0.2) is 0 Å². The minimum atomic E-state index is 0.555. The molecule has 0 aliphatic carbocycles. The number of nitrogen functional groups attached to an aromatic ring is 1. The zero-order valence-corrected chi connectivity index (χ0v) is 8.94. The van der Waals surface area contributed by atoms with Crippen LogP contribution in [0.4, 0.5) is 5.69 Å². The number of anilines is 1. The van der Waals surface area contributed by atoms with Crippen LogP contribution in [0.2, 0.25) is 0 Å². The van der Waals surface area contributed by atoms with Gasteiger partial charge in [-0.3, -0.25) is 4.98 Å². The lowest BCUT2D eigenvalue weighted by atomic mass is 10.0. The normalized spacial score (nSPS) is 9.75. The molecule has 0 saturated carbocycles. The third-order valence-corrected chi connectivity index (χ3v) is 2.44. The Morgan fingerprint density at radius 2 is 2.06 bits per heavy atom. The van der Waals surface area contributed by atoms with E-state index in [0.717, 1.165) is 16.7 Å². The lowest BCUT2D eigenvalue weighted by Gasteiger charge is -2.06. The van der Waals surface area contributed by atoms with E-state index in [2.05, 4.69) is 11.1 Å². The number of hydrogen-bond acceptors (Lipinski definition) is 3. The van der Waals surface area contributed by atoms with Gasteiger partial charge in [0.05, 0.1) is 5.56 Å². The fraction of sp³-hybridized carbons (Fsp3) is 0.0769. The molecule has 0 saturated heterocycles. The minimum absolute atomic E-state index is 0.555. The molecule has 0 unspecified atom stereocenters. The lowest BCUT2D eigenvalue weighted by molar-refractivity contribution is 1.29. The molecule has 1 aromatic heterocycles. The van der Waals surface area contributed by atoms with Gasteiger partial charge in [-0.2, -0.15) is 5.26 Å². The van der Waals surface area contributed by atoms with Crippen LogP contribution in [-0.2, 0) is 0 Å². The van der Waals surface area contributed by atoms with Crippen molar-refractivity contribution in [2.24, 2.45) is 0 Å². The summed E-state index contributed by atoms with van der Waals surface area (Å²) in [5.41, 5.74) is 10.1. The molecule has 2 aromatic rings. The van der Waals surface area contributed by atoms with Crippen molar-refractivity contribution in [3.8, 4) is 17.2 Å². The van der Waals surface area contributed by atoms with E-state index in [-0.39, 0.29) is 0 Å². The van der Waals surface area contributed by atoms with Crippen molar-refractivity contribution < 1.29 is 0 Å². The zero-order chi connectivity index (χ0) is 11.5. The van der Waals surface area contributed by atoms with Crippen LogP contribution in [0.5, 0.6) is 0 Å². The second-order valence-corrected chi connectivity index (χ2v) is 3.65. The molecule has 0 fully saturated rings. The van der Waals surface area contributed by atoms with Gasteiger partial charge in [0.2, 0.25) is 0 Å². The smallest absolute Gasteiger partial charge is 0.101 e. The average Bonchev–Trinajstić information content (AvgIpc) is 2.32. The van der Waals surface area contributed by atoms with Crippen LogP contribution in [0.25, 0.3) is 11.1 Å². The number of hydrogen-bond donors (Lipinski definition) is 1. The van der Waals surface area contributed by atoms with E-state index in [1.165, 1.54) is 0 Å². The lowest BCUT2D eigenvalue weighted by Crippen LogP contribution is -1.90. The van der Waals surface area contributed by atoms with Gasteiger partial charge in [0.25, 0.3) is 0 Å². The summed E-state index contributed by atoms with van der Waals surface area (Å²) in [5.74, 6) is 0. The first-order valence-electron chi connectivity index (χ1n) is 4.92. The number of aryl methyl sites for hydroxylation is 1. The zero-order valence-electron chi connectivity index (χ0n) is 8.94. The van der Waals surface area contributed by atoms with E-state index >= 15 is 0 Å². The standard InChI is InChI=1S/C13H11N3/c1-9-2-3-12(15)5-13(9)11-4-10(6-14)7-16-8-11/h2-5,7-8H,15H2,1H3. The van der Waals surface area contributed by atoms with Gasteiger partial charge >= 0.3 is 0 Å². The number of rotatable bonds is 1. The first-order chi connectivity index (χ1) is 7.70. The van der Waals surface area contributed by atoms with Gasteiger partial charge in [-0.25, -0.2) is 0 Å². The van der Waals surface area contributed by atoms with Gasteiger partial charge in [-0.15, -0.1) is 0 Å². The average molecular weight is 209 g/mol. The highest BCUT2D eigenvalue weighted by atomic mass is 14.6. The van der Waals surface area contributed by atoms with Crippen molar-refractivity contribution >= 4 is 5.69 Å². The highest BCUT2D eigenvalue weighted by molar-refractivity contribution is 5.71. The second-order valence-electron chi connectivity index (χ2n) is 3.65. The van der Waals surface area contributed by atoms with Crippen molar-refractivity contribution in [1.29, 1.82) is 5.26 Å². The maximum absolute atomic E-state index is 8.82. The van der Waals surface area contributed by atoms with E-state index < -0.39 is 0 Å². The molecule has 0 aliphatic heterocycles. The van der Waals surface area contributed by atoms with Crippen LogP contribution < -0.4 is 5.73 Å². The predicted molar refractivity (Wildman–Crippen MR) is 63.5 cm³/mol. The fourth-order valence-corrected chi connectivity index (χ4v) is 1.60. The molecule has 0 bridgehead atoms. The number of aromatic nitrogens is 1. The molecule has 78 valence electrons. The monoisotopic (exact) mass is 209 g/mol. The number of nitrogens with two attached hydrogens (primary N) is 1. The van der Waals surface area contributed by atoms with Crippen LogP contribution in [0, 0.1) is 18.3 Å². The Morgan fingerprint density at radius 1 is 1.25 bits per heavy atom. The molecular weight excluding hydrogens is 198 g/mol. The number of benzene rings is 1. The third kappa shape index (κ3) is 1.86. The summed E-state index contributed by atoms with van der Waals surface area (Å²) in [4.78, 5) is 4.04. The summed E-state index contributed by atoms with van der Waals surface area (Å²) in [7, 11) is 0. The summed E-state index contributed by atoms with van der Waals surface area (Å²) >= 11 is 0. The van der Waals surface area contributed by atoms with Crippen LogP contribution in [-0.4, -0.2) is 4.98 Å². The van der Waals surface area contributed by atoms with Crippen molar-refractivity contribution in [3.63, 3.8) is 0 Å². The van der Waals surface area contributed by atoms with Gasteiger partial charge < -0.3 is 5.73 Å². The topological polar surface area (TPSA) is 62.7 Å². The SMILES string of the molecule is Cc1ccc(N)cc1-c1cncc(C#N)c1. The van der Waals surface area contributed by atoms with Crippen LogP contribution in [0.1, 0.15) is 11.1 Å². The molecule has 0 amide bonds. The molecule has 3 heteroatoms. The molecule has 0 radical (unpaired) electrons. The highest BCUT2D eigenvalue weighted by Crippen LogP contribution is 2.25. The summed E-state index contributed by atoms with van der Waals surface area (Å²) in [6.07, 6.45) is 3.29. The maximum Gasteiger partial charge on any atom is 0.101 e. The molecule has 0 atom stereocenters. The van der Waals surface area contributed by atoms with Crippen molar-refractivity contribution in [2.45, 2.75) is 6.92 Å². The summed E-state index contributed by atoms with van der Waals surface area (Å²) < 4.78 is 0. The Morgan fingerprint density at radius 3 is 2.81 bits per heavy atom. The van der Waals surface area contributed by atoms with E-state index in [1.54, 1.807) is 12.4 Å². The van der Waals surface area contributed by atoms with Crippen LogP contribution >= 0.6 is 0 Å². The summed E-state index contributed by atoms with van der Waals surface area (Å²) in [6, 6.07) is 9.61. The van der Waals surface area contributed by atoms with Crippen molar-refractivity contribution in [1.82, 2.24) is 4.98 Å². The summed E-state index contributed by atoms with van der Waals surface area (Å²) in [6.45, 7) is 2.01. The molecule has 3 nitrogen and oxygen atoms in total. The van der Waals surface area contributed by atoms with Gasteiger partial charge in [-0.05, 0) is 36.2 Å². The van der Waals surface area contributed by atoms with Crippen molar-refractivity contribution in [2.75, 3.05) is 5.73 Å². The molecule has 1 aromatic carbocycles. The van der Waals surface area contributed by atoms with Crippen LogP contribution in [0.3, 0.4) is 0 Å². The van der Waals surface area contributed by atoms with E-state index in [1.807, 2.05) is 31.2 Å². The second kappa shape index (κ2) is 4.03.